The van der Waals surface area contributed by atoms with E-state index in [1.54, 1.807) is 42.5 Å². The Morgan fingerprint density at radius 1 is 1.10 bits per heavy atom. The van der Waals surface area contributed by atoms with Gasteiger partial charge in [-0.3, -0.25) is 9.59 Å². The molecule has 0 saturated carbocycles. The number of imidazole rings is 1. The smallest absolute Gasteiger partial charge is 0.259 e. The molecular formula is C23H20N4O3. The van der Waals surface area contributed by atoms with Crippen LogP contribution >= 0.6 is 0 Å². The topological polar surface area (TPSA) is 98.7 Å². The van der Waals surface area contributed by atoms with Gasteiger partial charge < -0.3 is 20.2 Å². The zero-order valence-corrected chi connectivity index (χ0v) is 16.3. The third-order valence-electron chi connectivity index (χ3n) is 4.64. The van der Waals surface area contributed by atoms with Crippen molar-refractivity contribution in [1.29, 1.82) is 0 Å². The number of primary amides is 1. The molecule has 0 aliphatic carbocycles. The van der Waals surface area contributed by atoms with Gasteiger partial charge in [-0.1, -0.05) is 24.3 Å². The predicted molar refractivity (Wildman–Crippen MR) is 114 cm³/mol. The summed E-state index contributed by atoms with van der Waals surface area (Å²) in [5.41, 5.74) is 9.17. The quantitative estimate of drug-likeness (QED) is 0.517. The Morgan fingerprint density at radius 2 is 1.93 bits per heavy atom. The number of hydrogen-bond donors (Lipinski definition) is 2. The minimum atomic E-state index is -0.558. The average Bonchev–Trinajstić information content (AvgIpc) is 3.17. The van der Waals surface area contributed by atoms with Crippen LogP contribution in [0.15, 0.2) is 73.1 Å². The third-order valence-corrected chi connectivity index (χ3v) is 4.64. The van der Waals surface area contributed by atoms with Crippen molar-refractivity contribution in [3.05, 3.63) is 95.4 Å². The molecule has 4 rings (SSSR count). The monoisotopic (exact) mass is 400 g/mol. The standard InChI is InChI=1S/C23H20N4O3/c1-15-6-5-11-27-13-18(25-22(15)27)14-30-20-10-3-2-9-19(20)23(29)26-17-8-4-7-16(12-17)21(24)28/h2-13H,14H2,1H3,(H2,24,28)(H,26,29). The second-order valence-electron chi connectivity index (χ2n) is 6.84. The number of anilines is 1. The summed E-state index contributed by atoms with van der Waals surface area (Å²) in [5, 5.41) is 2.77. The molecule has 3 N–H and O–H groups in total. The molecule has 0 unspecified atom stereocenters. The Balaban J connectivity index is 1.51. The van der Waals surface area contributed by atoms with Gasteiger partial charge in [-0.2, -0.15) is 0 Å². The molecule has 150 valence electrons. The number of para-hydroxylation sites is 1. The highest BCUT2D eigenvalue weighted by Crippen LogP contribution is 2.22. The number of ether oxygens (including phenoxy) is 1. The zero-order valence-electron chi connectivity index (χ0n) is 16.3. The van der Waals surface area contributed by atoms with Crippen molar-refractivity contribution in [3.8, 4) is 5.75 Å². The van der Waals surface area contributed by atoms with E-state index in [1.165, 1.54) is 6.07 Å². The zero-order chi connectivity index (χ0) is 21.1. The third kappa shape index (κ3) is 4.00. The van der Waals surface area contributed by atoms with E-state index in [0.717, 1.165) is 16.9 Å². The van der Waals surface area contributed by atoms with Gasteiger partial charge in [-0.05, 0) is 48.9 Å². The molecule has 2 heterocycles. The summed E-state index contributed by atoms with van der Waals surface area (Å²) in [6.45, 7) is 2.22. The van der Waals surface area contributed by atoms with Gasteiger partial charge in [0.2, 0.25) is 5.91 Å². The van der Waals surface area contributed by atoms with E-state index in [1.807, 2.05) is 35.9 Å². The first-order chi connectivity index (χ1) is 14.5. The number of fused-ring (bicyclic) bond motifs is 1. The largest absolute Gasteiger partial charge is 0.486 e. The van der Waals surface area contributed by atoms with Gasteiger partial charge in [0, 0.05) is 23.6 Å². The summed E-state index contributed by atoms with van der Waals surface area (Å²) in [6, 6.07) is 17.4. The van der Waals surface area contributed by atoms with Gasteiger partial charge in [-0.15, -0.1) is 0 Å². The first-order valence-corrected chi connectivity index (χ1v) is 9.37. The van der Waals surface area contributed by atoms with Gasteiger partial charge in [0.1, 0.15) is 18.0 Å². The van der Waals surface area contributed by atoms with Crippen molar-refractivity contribution in [1.82, 2.24) is 9.38 Å². The summed E-state index contributed by atoms with van der Waals surface area (Å²) >= 11 is 0. The molecule has 7 heteroatoms. The minimum Gasteiger partial charge on any atom is -0.486 e. The number of nitrogens with two attached hydrogens (primary N) is 1. The minimum absolute atomic E-state index is 0.225. The second kappa shape index (κ2) is 8.08. The van der Waals surface area contributed by atoms with E-state index in [-0.39, 0.29) is 12.5 Å². The average molecular weight is 400 g/mol. The molecule has 0 atom stereocenters. The fourth-order valence-electron chi connectivity index (χ4n) is 3.15. The molecule has 2 aromatic heterocycles. The van der Waals surface area contributed by atoms with Crippen LogP contribution in [0.25, 0.3) is 5.65 Å². The number of nitrogens with one attached hydrogen (secondary N) is 1. The van der Waals surface area contributed by atoms with Crippen LogP contribution < -0.4 is 15.8 Å². The highest BCUT2D eigenvalue weighted by molar-refractivity contribution is 6.06. The maximum atomic E-state index is 12.8. The SMILES string of the molecule is Cc1cccn2cc(COc3ccccc3C(=O)Nc3cccc(C(N)=O)c3)nc12. The molecule has 0 aliphatic rings. The number of aryl methyl sites for hydroxylation is 1. The van der Waals surface area contributed by atoms with E-state index in [0.29, 0.717) is 22.6 Å². The number of rotatable bonds is 6. The normalized spacial score (nSPS) is 10.7. The van der Waals surface area contributed by atoms with Crippen LogP contribution in [0.1, 0.15) is 32.0 Å². The molecule has 2 amide bonds. The summed E-state index contributed by atoms with van der Waals surface area (Å²) in [7, 11) is 0. The number of aromatic nitrogens is 2. The van der Waals surface area contributed by atoms with E-state index in [2.05, 4.69) is 10.3 Å². The van der Waals surface area contributed by atoms with Crippen LogP contribution in [-0.4, -0.2) is 21.2 Å². The lowest BCUT2D eigenvalue weighted by Gasteiger charge is -2.11. The Labute approximate surface area is 173 Å². The number of carbonyl (C=O) groups excluding carboxylic acids is 2. The van der Waals surface area contributed by atoms with E-state index >= 15 is 0 Å². The van der Waals surface area contributed by atoms with Gasteiger partial charge in [0.25, 0.3) is 5.91 Å². The number of pyridine rings is 1. The van der Waals surface area contributed by atoms with Gasteiger partial charge in [0.05, 0.1) is 11.3 Å². The van der Waals surface area contributed by atoms with Gasteiger partial charge in [-0.25, -0.2) is 4.98 Å². The van der Waals surface area contributed by atoms with E-state index in [4.69, 9.17) is 10.5 Å². The summed E-state index contributed by atoms with van der Waals surface area (Å²) in [6.07, 6.45) is 3.83. The molecule has 2 aromatic carbocycles. The first kappa shape index (κ1) is 19.2. The molecule has 4 aromatic rings. The number of carbonyl (C=O) groups is 2. The van der Waals surface area contributed by atoms with Crippen molar-refractivity contribution in [2.24, 2.45) is 5.73 Å². The lowest BCUT2D eigenvalue weighted by atomic mass is 10.1. The van der Waals surface area contributed by atoms with E-state index in [9.17, 15) is 9.59 Å². The Morgan fingerprint density at radius 3 is 2.73 bits per heavy atom. The van der Waals surface area contributed by atoms with Gasteiger partial charge in [0.15, 0.2) is 0 Å². The number of nitrogens with zero attached hydrogens (tertiary/aromatic N) is 2. The molecule has 0 bridgehead atoms. The predicted octanol–water partition coefficient (Wildman–Crippen LogP) is 3.57. The maximum absolute atomic E-state index is 12.8. The van der Waals surface area contributed by atoms with Gasteiger partial charge >= 0.3 is 0 Å². The highest BCUT2D eigenvalue weighted by Gasteiger charge is 2.14. The Hall–Kier alpha value is -4.13. The maximum Gasteiger partial charge on any atom is 0.259 e. The summed E-state index contributed by atoms with van der Waals surface area (Å²) < 4.78 is 7.85. The summed E-state index contributed by atoms with van der Waals surface area (Å²) in [4.78, 5) is 28.7. The molecular weight excluding hydrogens is 380 g/mol. The first-order valence-electron chi connectivity index (χ1n) is 9.37. The van der Waals surface area contributed by atoms with Crippen LogP contribution in [0.3, 0.4) is 0 Å². The lowest BCUT2D eigenvalue weighted by Crippen LogP contribution is -2.15. The van der Waals surface area contributed by atoms with Crippen LogP contribution in [-0.2, 0) is 6.61 Å². The van der Waals surface area contributed by atoms with Crippen LogP contribution in [0.5, 0.6) is 5.75 Å². The molecule has 0 radical (unpaired) electrons. The Bertz CT molecular complexity index is 1250. The fraction of sp³-hybridized carbons (Fsp3) is 0.0870. The van der Waals surface area contributed by atoms with Crippen LogP contribution in [0, 0.1) is 6.92 Å². The molecule has 7 nitrogen and oxygen atoms in total. The number of benzene rings is 2. The molecule has 0 fully saturated rings. The number of hydrogen-bond acceptors (Lipinski definition) is 4. The fourth-order valence-corrected chi connectivity index (χ4v) is 3.15. The molecule has 0 aliphatic heterocycles. The summed E-state index contributed by atoms with van der Waals surface area (Å²) in [5.74, 6) is -0.467. The van der Waals surface area contributed by atoms with Crippen LogP contribution in [0.4, 0.5) is 5.69 Å². The lowest BCUT2D eigenvalue weighted by molar-refractivity contribution is 0.0995. The van der Waals surface area contributed by atoms with E-state index < -0.39 is 5.91 Å². The number of amides is 2. The van der Waals surface area contributed by atoms with Crippen molar-refractivity contribution >= 4 is 23.1 Å². The molecule has 0 saturated heterocycles. The van der Waals surface area contributed by atoms with Crippen molar-refractivity contribution in [3.63, 3.8) is 0 Å². The molecule has 30 heavy (non-hydrogen) atoms. The highest BCUT2D eigenvalue weighted by atomic mass is 16.5. The molecule has 0 spiro atoms. The second-order valence-corrected chi connectivity index (χ2v) is 6.84. The van der Waals surface area contributed by atoms with Crippen molar-refractivity contribution < 1.29 is 14.3 Å². The van der Waals surface area contributed by atoms with Crippen molar-refractivity contribution in [2.75, 3.05) is 5.32 Å². The van der Waals surface area contributed by atoms with Crippen molar-refractivity contribution in [2.45, 2.75) is 13.5 Å². The Kier molecular flexibility index (Phi) is 5.17. The van der Waals surface area contributed by atoms with Crippen LogP contribution in [0.2, 0.25) is 0 Å².